The normalized spacial score (nSPS) is 14.2. The fourth-order valence-electron chi connectivity index (χ4n) is 4.43. The number of carbonyl (C=O) groups excluding carboxylic acids is 1. The molecule has 0 aliphatic carbocycles. The maximum absolute atomic E-state index is 13.4. The first-order valence-corrected chi connectivity index (χ1v) is 14.6. The lowest BCUT2D eigenvalue weighted by Gasteiger charge is -2.14. The summed E-state index contributed by atoms with van der Waals surface area (Å²) in [7, 11) is 0. The summed E-state index contributed by atoms with van der Waals surface area (Å²) in [5.41, 5.74) is 5.47. The third-order valence-corrected chi connectivity index (χ3v) is 8.18. The molecule has 1 fully saturated rings. The summed E-state index contributed by atoms with van der Waals surface area (Å²) >= 11 is 12.9. The van der Waals surface area contributed by atoms with Crippen molar-refractivity contribution in [2.24, 2.45) is 0 Å². The molecule has 0 N–H and O–H groups in total. The number of carbonyl (C=O) groups is 1. The van der Waals surface area contributed by atoms with E-state index in [1.54, 1.807) is 4.90 Å². The summed E-state index contributed by atoms with van der Waals surface area (Å²) in [5, 5.41) is 5.60. The molecule has 4 aromatic carbocycles. The number of thiocarbonyl (C=S) groups is 1. The van der Waals surface area contributed by atoms with Gasteiger partial charge in [-0.1, -0.05) is 96.2 Å². The van der Waals surface area contributed by atoms with E-state index in [1.807, 2.05) is 126 Å². The van der Waals surface area contributed by atoms with Crippen LogP contribution in [0.5, 0.6) is 5.75 Å². The minimum absolute atomic E-state index is 0.104. The highest BCUT2D eigenvalue weighted by Crippen LogP contribution is 2.36. The van der Waals surface area contributed by atoms with Gasteiger partial charge >= 0.3 is 0 Å². The Kier molecular flexibility index (Phi) is 8.00. The highest BCUT2D eigenvalue weighted by atomic mass is 35.5. The molecule has 202 valence electrons. The average Bonchev–Trinajstić information content (AvgIpc) is 3.54. The molecule has 0 spiro atoms. The quantitative estimate of drug-likeness (QED) is 0.134. The fourth-order valence-corrected chi connectivity index (χ4v) is 5.80. The molecule has 0 radical (unpaired) electrons. The van der Waals surface area contributed by atoms with Crippen LogP contribution in [0.3, 0.4) is 0 Å². The molecular formula is C33H24ClN3O2S2. The number of hydrogen-bond donors (Lipinski definition) is 0. The summed E-state index contributed by atoms with van der Waals surface area (Å²) in [6.45, 7) is 0.881. The molecule has 2 heterocycles. The Balaban J connectivity index is 1.28. The summed E-state index contributed by atoms with van der Waals surface area (Å²) in [6, 6.07) is 35.2. The van der Waals surface area contributed by atoms with Crippen molar-refractivity contribution in [3.8, 4) is 22.7 Å². The molecule has 1 aromatic heterocycles. The number of halogens is 1. The zero-order valence-corrected chi connectivity index (χ0v) is 24.2. The van der Waals surface area contributed by atoms with E-state index >= 15 is 0 Å². The van der Waals surface area contributed by atoms with Crippen LogP contribution < -0.4 is 4.74 Å². The van der Waals surface area contributed by atoms with Gasteiger partial charge in [0, 0.05) is 22.3 Å². The van der Waals surface area contributed by atoms with Crippen LogP contribution in [0.15, 0.2) is 120 Å². The van der Waals surface area contributed by atoms with E-state index in [2.05, 4.69) is 0 Å². The second-order valence-electron chi connectivity index (χ2n) is 9.41. The second kappa shape index (κ2) is 12.1. The van der Waals surface area contributed by atoms with Gasteiger partial charge in [0.1, 0.15) is 16.7 Å². The van der Waals surface area contributed by atoms with Gasteiger partial charge in [-0.15, -0.1) is 0 Å². The van der Waals surface area contributed by atoms with Crippen LogP contribution in [-0.4, -0.2) is 24.9 Å². The molecule has 1 amide bonds. The fraction of sp³-hybridized carbons (Fsp3) is 0.0606. The smallest absolute Gasteiger partial charge is 0.266 e. The van der Waals surface area contributed by atoms with Crippen molar-refractivity contribution in [1.82, 2.24) is 14.7 Å². The summed E-state index contributed by atoms with van der Waals surface area (Å²) in [6.07, 6.45) is 3.83. The van der Waals surface area contributed by atoms with E-state index in [-0.39, 0.29) is 5.91 Å². The lowest BCUT2D eigenvalue weighted by atomic mass is 10.1. The van der Waals surface area contributed by atoms with Crippen molar-refractivity contribution in [3.05, 3.63) is 142 Å². The van der Waals surface area contributed by atoms with E-state index in [4.69, 9.17) is 33.7 Å². The standard InChI is InChI=1S/C33H24ClN3O2S2/c34-27-15-11-24(12-16-27)22-39-29-17-13-25(14-18-29)31-26(21-37(35-31)28-9-5-2-6-10-28)19-30-32(38)36(33(40)41-30)20-23-7-3-1-4-8-23/h1-19,21H,20,22H2. The first kappa shape index (κ1) is 27.0. The lowest BCUT2D eigenvalue weighted by molar-refractivity contribution is -0.122. The third kappa shape index (κ3) is 6.28. The van der Waals surface area contributed by atoms with Crippen LogP contribution >= 0.6 is 35.6 Å². The van der Waals surface area contributed by atoms with Gasteiger partial charge in [-0.2, -0.15) is 5.10 Å². The van der Waals surface area contributed by atoms with E-state index in [9.17, 15) is 4.79 Å². The van der Waals surface area contributed by atoms with E-state index in [1.165, 1.54) is 11.8 Å². The SMILES string of the molecule is O=C1C(=Cc2cn(-c3ccccc3)nc2-c2ccc(OCc3ccc(Cl)cc3)cc2)SC(=S)N1Cc1ccccc1. The molecular weight excluding hydrogens is 570 g/mol. The van der Waals surface area contributed by atoms with Crippen LogP contribution in [0, 0.1) is 0 Å². The van der Waals surface area contributed by atoms with Crippen molar-refractivity contribution in [2.45, 2.75) is 13.2 Å². The van der Waals surface area contributed by atoms with Crippen molar-refractivity contribution in [3.63, 3.8) is 0 Å². The lowest BCUT2D eigenvalue weighted by Crippen LogP contribution is -2.27. The van der Waals surface area contributed by atoms with Crippen molar-refractivity contribution in [1.29, 1.82) is 0 Å². The molecule has 5 nitrogen and oxygen atoms in total. The minimum Gasteiger partial charge on any atom is -0.489 e. The van der Waals surface area contributed by atoms with Crippen molar-refractivity contribution < 1.29 is 9.53 Å². The molecule has 0 atom stereocenters. The van der Waals surface area contributed by atoms with Gasteiger partial charge < -0.3 is 4.74 Å². The van der Waals surface area contributed by atoms with Gasteiger partial charge in [0.15, 0.2) is 0 Å². The molecule has 41 heavy (non-hydrogen) atoms. The maximum atomic E-state index is 13.4. The molecule has 1 aliphatic rings. The average molecular weight is 594 g/mol. The van der Waals surface area contributed by atoms with E-state index < -0.39 is 0 Å². The molecule has 0 unspecified atom stereocenters. The molecule has 5 aromatic rings. The van der Waals surface area contributed by atoms with E-state index in [0.717, 1.165) is 39.4 Å². The van der Waals surface area contributed by atoms with Crippen LogP contribution in [0.2, 0.25) is 5.02 Å². The molecule has 6 rings (SSSR count). The van der Waals surface area contributed by atoms with Gasteiger partial charge in [0.25, 0.3) is 5.91 Å². The number of aromatic nitrogens is 2. The van der Waals surface area contributed by atoms with Crippen molar-refractivity contribution in [2.75, 3.05) is 0 Å². The maximum Gasteiger partial charge on any atom is 0.266 e. The molecule has 8 heteroatoms. The topological polar surface area (TPSA) is 47.4 Å². The van der Waals surface area contributed by atoms with Gasteiger partial charge in [0.2, 0.25) is 0 Å². The minimum atomic E-state index is -0.104. The van der Waals surface area contributed by atoms with Gasteiger partial charge in [-0.3, -0.25) is 9.69 Å². The first-order chi connectivity index (χ1) is 20.0. The highest BCUT2D eigenvalue weighted by molar-refractivity contribution is 8.26. The molecule has 0 saturated carbocycles. The van der Waals surface area contributed by atoms with Crippen LogP contribution in [0.4, 0.5) is 0 Å². The predicted octanol–water partition coefficient (Wildman–Crippen LogP) is 8.17. The first-order valence-electron chi connectivity index (χ1n) is 13.0. The summed E-state index contributed by atoms with van der Waals surface area (Å²) < 4.78 is 8.35. The van der Waals surface area contributed by atoms with Crippen molar-refractivity contribution >= 4 is 51.9 Å². The highest BCUT2D eigenvalue weighted by Gasteiger charge is 2.32. The third-order valence-electron chi connectivity index (χ3n) is 6.55. The number of benzene rings is 4. The Morgan fingerprint density at radius 3 is 2.24 bits per heavy atom. The van der Waals surface area contributed by atoms with Crippen LogP contribution in [-0.2, 0) is 17.9 Å². The number of thioether (sulfide) groups is 1. The van der Waals surface area contributed by atoms with Gasteiger partial charge in [0.05, 0.1) is 22.8 Å². The Morgan fingerprint density at radius 2 is 1.54 bits per heavy atom. The predicted molar refractivity (Wildman–Crippen MR) is 170 cm³/mol. The zero-order valence-electron chi connectivity index (χ0n) is 21.8. The van der Waals surface area contributed by atoms with E-state index in [0.29, 0.717) is 27.4 Å². The number of amides is 1. The number of ether oxygens (including phenoxy) is 1. The summed E-state index contributed by atoms with van der Waals surface area (Å²) in [4.78, 5) is 15.6. The second-order valence-corrected chi connectivity index (χ2v) is 11.5. The van der Waals surface area contributed by atoms with Crippen LogP contribution in [0.25, 0.3) is 23.0 Å². The zero-order chi connectivity index (χ0) is 28.2. The molecule has 0 bridgehead atoms. The monoisotopic (exact) mass is 593 g/mol. The Morgan fingerprint density at radius 1 is 0.854 bits per heavy atom. The Labute approximate surface area is 253 Å². The number of hydrogen-bond acceptors (Lipinski definition) is 5. The van der Waals surface area contributed by atoms with Gasteiger partial charge in [-0.25, -0.2) is 4.68 Å². The van der Waals surface area contributed by atoms with Crippen LogP contribution in [0.1, 0.15) is 16.7 Å². The molecule has 1 saturated heterocycles. The Bertz CT molecular complexity index is 1720. The number of nitrogens with zero attached hydrogens (tertiary/aromatic N) is 3. The number of para-hydroxylation sites is 1. The van der Waals surface area contributed by atoms with Gasteiger partial charge in [-0.05, 0) is 65.7 Å². The largest absolute Gasteiger partial charge is 0.489 e. The summed E-state index contributed by atoms with van der Waals surface area (Å²) in [5.74, 6) is 0.641. The Hall–Kier alpha value is -4.17. The number of rotatable bonds is 8. The molecule has 1 aliphatic heterocycles.